The third kappa shape index (κ3) is 4.10. The minimum Gasteiger partial charge on any atom is -0.271 e. The summed E-state index contributed by atoms with van der Waals surface area (Å²) in [7, 11) is 0. The van der Waals surface area contributed by atoms with Crippen LogP contribution in [0.25, 0.3) is 0 Å². The smallest absolute Gasteiger partial charge is 0.0554 e. The van der Waals surface area contributed by atoms with Gasteiger partial charge in [0, 0.05) is 10.6 Å². The molecule has 1 atom stereocenters. The zero-order valence-electron chi connectivity index (χ0n) is 12.3. The van der Waals surface area contributed by atoms with Gasteiger partial charge in [-0.05, 0) is 38.5 Å². The number of hydrogen-bond acceptors (Lipinski definition) is 3. The number of benzene rings is 2. The van der Waals surface area contributed by atoms with E-state index in [0.717, 1.165) is 5.75 Å². The van der Waals surface area contributed by atoms with Crippen molar-refractivity contribution in [2.45, 2.75) is 31.7 Å². The first-order valence-corrected chi connectivity index (χ1v) is 7.81. The fourth-order valence-electron chi connectivity index (χ4n) is 2.34. The Hall–Kier alpha value is -1.29. The first-order valence-electron chi connectivity index (χ1n) is 6.82. The average Bonchev–Trinajstić information content (AvgIpc) is 2.38. The summed E-state index contributed by atoms with van der Waals surface area (Å²) in [6.45, 7) is 6.36. The second kappa shape index (κ2) is 6.93. The summed E-state index contributed by atoms with van der Waals surface area (Å²) >= 11 is 1.83. The van der Waals surface area contributed by atoms with Crippen molar-refractivity contribution in [3.63, 3.8) is 0 Å². The molecular formula is C17H22N2S. The Labute approximate surface area is 125 Å². The molecule has 106 valence electrons. The Morgan fingerprint density at radius 3 is 2.30 bits per heavy atom. The van der Waals surface area contributed by atoms with Crippen LogP contribution in [-0.2, 0) is 0 Å². The van der Waals surface area contributed by atoms with Gasteiger partial charge in [0.2, 0.25) is 0 Å². The van der Waals surface area contributed by atoms with Crippen LogP contribution in [0.4, 0.5) is 0 Å². The van der Waals surface area contributed by atoms with Crippen LogP contribution in [0.15, 0.2) is 47.4 Å². The summed E-state index contributed by atoms with van der Waals surface area (Å²) < 4.78 is 0. The molecule has 0 radical (unpaired) electrons. The van der Waals surface area contributed by atoms with Crippen LogP contribution >= 0.6 is 11.8 Å². The van der Waals surface area contributed by atoms with Crippen molar-refractivity contribution in [3.05, 3.63) is 64.7 Å². The zero-order valence-corrected chi connectivity index (χ0v) is 13.1. The maximum Gasteiger partial charge on any atom is 0.0554 e. The topological polar surface area (TPSA) is 38.0 Å². The molecule has 0 saturated heterocycles. The van der Waals surface area contributed by atoms with Gasteiger partial charge in [-0.1, -0.05) is 47.0 Å². The van der Waals surface area contributed by atoms with Crippen LogP contribution in [0.2, 0.25) is 0 Å². The number of nitrogens with one attached hydrogen (secondary N) is 1. The van der Waals surface area contributed by atoms with Crippen molar-refractivity contribution in [1.82, 2.24) is 5.43 Å². The number of hydrazine groups is 1. The van der Waals surface area contributed by atoms with Crippen molar-refractivity contribution in [2.24, 2.45) is 5.84 Å². The first kappa shape index (κ1) is 15.1. The summed E-state index contributed by atoms with van der Waals surface area (Å²) in [6.07, 6.45) is 0. The Kier molecular flexibility index (Phi) is 5.24. The lowest BCUT2D eigenvalue weighted by Gasteiger charge is -2.17. The summed E-state index contributed by atoms with van der Waals surface area (Å²) in [4.78, 5) is 1.29. The van der Waals surface area contributed by atoms with Crippen molar-refractivity contribution in [1.29, 1.82) is 0 Å². The summed E-state index contributed by atoms with van der Waals surface area (Å²) in [5.41, 5.74) is 8.04. The van der Waals surface area contributed by atoms with E-state index in [-0.39, 0.29) is 6.04 Å². The molecule has 0 fully saturated rings. The summed E-state index contributed by atoms with van der Waals surface area (Å²) in [6, 6.07) is 15.3. The maximum absolute atomic E-state index is 5.74. The molecular weight excluding hydrogens is 264 g/mol. The molecule has 0 aliphatic heterocycles. The van der Waals surface area contributed by atoms with E-state index in [1.165, 1.54) is 27.1 Å². The van der Waals surface area contributed by atoms with Crippen LogP contribution in [0.1, 0.15) is 28.3 Å². The Morgan fingerprint density at radius 1 is 1.00 bits per heavy atom. The van der Waals surface area contributed by atoms with Crippen LogP contribution in [0.5, 0.6) is 0 Å². The molecule has 2 rings (SSSR count). The average molecular weight is 286 g/mol. The third-order valence-corrected chi connectivity index (χ3v) is 4.34. The summed E-state index contributed by atoms with van der Waals surface area (Å²) in [5, 5.41) is 0. The largest absolute Gasteiger partial charge is 0.271 e. The van der Waals surface area contributed by atoms with Gasteiger partial charge in [-0.15, -0.1) is 11.8 Å². The minimum absolute atomic E-state index is 0.166. The fourth-order valence-corrected chi connectivity index (χ4v) is 3.43. The van der Waals surface area contributed by atoms with Gasteiger partial charge in [0.05, 0.1) is 6.04 Å². The van der Waals surface area contributed by atoms with Crippen LogP contribution in [-0.4, -0.2) is 5.75 Å². The highest BCUT2D eigenvalue weighted by Crippen LogP contribution is 2.26. The number of nitrogens with two attached hydrogens (primary N) is 1. The van der Waals surface area contributed by atoms with Gasteiger partial charge in [-0.25, -0.2) is 0 Å². The van der Waals surface area contributed by atoms with Crippen molar-refractivity contribution in [3.8, 4) is 0 Å². The highest BCUT2D eigenvalue weighted by atomic mass is 32.2. The predicted octanol–water partition coefficient (Wildman–Crippen LogP) is 3.91. The van der Waals surface area contributed by atoms with E-state index in [1.807, 2.05) is 11.8 Å². The molecule has 1 unspecified atom stereocenters. The van der Waals surface area contributed by atoms with Gasteiger partial charge in [0.15, 0.2) is 0 Å². The molecule has 2 nitrogen and oxygen atoms in total. The molecule has 0 heterocycles. The van der Waals surface area contributed by atoms with Crippen LogP contribution in [0.3, 0.4) is 0 Å². The van der Waals surface area contributed by atoms with E-state index >= 15 is 0 Å². The van der Waals surface area contributed by atoms with E-state index in [0.29, 0.717) is 0 Å². The van der Waals surface area contributed by atoms with E-state index in [1.54, 1.807) is 0 Å². The highest BCUT2D eigenvalue weighted by Gasteiger charge is 2.11. The van der Waals surface area contributed by atoms with Gasteiger partial charge in [-0.2, -0.15) is 0 Å². The standard InChI is InChI=1S/C17H22N2S/c1-12-5-4-6-16(10-12)20-11-17(19-18)15-8-13(2)7-14(3)9-15/h4-10,17,19H,11,18H2,1-3H3. The Bertz CT molecular complexity index is 561. The molecule has 0 aliphatic carbocycles. The lowest BCUT2D eigenvalue weighted by molar-refractivity contribution is 0.610. The van der Waals surface area contributed by atoms with Crippen molar-refractivity contribution in [2.75, 3.05) is 5.75 Å². The second-order valence-corrected chi connectivity index (χ2v) is 6.36. The molecule has 2 aromatic carbocycles. The molecule has 3 heteroatoms. The van der Waals surface area contributed by atoms with E-state index in [2.05, 4.69) is 68.7 Å². The van der Waals surface area contributed by atoms with Gasteiger partial charge < -0.3 is 0 Å². The van der Waals surface area contributed by atoms with E-state index in [9.17, 15) is 0 Å². The molecule has 20 heavy (non-hydrogen) atoms. The Balaban J connectivity index is 2.09. The number of rotatable bonds is 5. The SMILES string of the molecule is Cc1cccc(SCC(NN)c2cc(C)cc(C)c2)c1. The molecule has 3 N–H and O–H groups in total. The van der Waals surface area contributed by atoms with Gasteiger partial charge in [0.1, 0.15) is 0 Å². The molecule has 2 aromatic rings. The van der Waals surface area contributed by atoms with Crippen LogP contribution in [0, 0.1) is 20.8 Å². The van der Waals surface area contributed by atoms with Crippen molar-refractivity contribution < 1.29 is 0 Å². The summed E-state index contributed by atoms with van der Waals surface area (Å²) in [5.74, 6) is 6.66. The fraction of sp³-hybridized carbons (Fsp3) is 0.294. The third-order valence-electron chi connectivity index (χ3n) is 3.25. The number of thioether (sulfide) groups is 1. The normalized spacial score (nSPS) is 12.4. The van der Waals surface area contributed by atoms with Gasteiger partial charge in [-0.3, -0.25) is 11.3 Å². The lowest BCUT2D eigenvalue weighted by Crippen LogP contribution is -2.29. The van der Waals surface area contributed by atoms with E-state index < -0.39 is 0 Å². The second-order valence-electron chi connectivity index (χ2n) is 5.27. The van der Waals surface area contributed by atoms with Crippen molar-refractivity contribution >= 4 is 11.8 Å². The van der Waals surface area contributed by atoms with E-state index in [4.69, 9.17) is 5.84 Å². The van der Waals surface area contributed by atoms with Gasteiger partial charge in [0.25, 0.3) is 0 Å². The number of hydrogen-bond donors (Lipinski definition) is 2. The Morgan fingerprint density at radius 2 is 1.70 bits per heavy atom. The molecule has 0 amide bonds. The monoisotopic (exact) mass is 286 g/mol. The molecule has 0 bridgehead atoms. The predicted molar refractivity (Wildman–Crippen MR) is 87.9 cm³/mol. The quantitative estimate of drug-likeness (QED) is 0.497. The van der Waals surface area contributed by atoms with Gasteiger partial charge >= 0.3 is 0 Å². The lowest BCUT2D eigenvalue weighted by atomic mass is 10.0. The molecule has 0 spiro atoms. The molecule has 0 saturated carbocycles. The zero-order chi connectivity index (χ0) is 14.5. The van der Waals surface area contributed by atoms with Crippen LogP contribution < -0.4 is 11.3 Å². The molecule has 0 aromatic heterocycles. The minimum atomic E-state index is 0.166. The first-order chi connectivity index (χ1) is 9.58. The highest BCUT2D eigenvalue weighted by molar-refractivity contribution is 7.99. The number of aryl methyl sites for hydroxylation is 3. The molecule has 0 aliphatic rings. The maximum atomic E-state index is 5.74.